The lowest BCUT2D eigenvalue weighted by molar-refractivity contribution is -0.114. The van der Waals surface area contributed by atoms with E-state index in [-0.39, 0.29) is 11.7 Å². The average Bonchev–Trinajstić information content (AvgIpc) is 2.46. The van der Waals surface area contributed by atoms with Crippen LogP contribution >= 0.6 is 0 Å². The maximum absolute atomic E-state index is 10.8. The first-order chi connectivity index (χ1) is 6.66. The number of aromatic hydroxyl groups is 1. The van der Waals surface area contributed by atoms with E-state index in [0.29, 0.717) is 16.7 Å². The van der Waals surface area contributed by atoms with E-state index in [1.165, 1.54) is 13.2 Å². The van der Waals surface area contributed by atoms with Crippen LogP contribution in [0.1, 0.15) is 6.92 Å². The number of carbonyl (C=O) groups is 1. The number of benzene rings is 1. The van der Waals surface area contributed by atoms with Crippen molar-refractivity contribution in [2.75, 3.05) is 5.32 Å². The maximum Gasteiger partial charge on any atom is 0.221 e. The summed E-state index contributed by atoms with van der Waals surface area (Å²) in [5, 5.41) is 12.6. The summed E-state index contributed by atoms with van der Waals surface area (Å²) in [6, 6.07) is 5.06. The van der Waals surface area contributed by atoms with Gasteiger partial charge in [-0.25, -0.2) is 0 Å². The van der Waals surface area contributed by atoms with E-state index in [0.717, 1.165) is 0 Å². The van der Waals surface area contributed by atoms with Gasteiger partial charge in [0.1, 0.15) is 11.8 Å². The molecule has 0 bridgehead atoms. The van der Waals surface area contributed by atoms with Crippen molar-refractivity contribution in [3.8, 4) is 5.75 Å². The lowest BCUT2D eigenvalue weighted by Crippen LogP contribution is -2.05. The predicted octanol–water partition coefficient (Wildman–Crippen LogP) is 2.10. The summed E-state index contributed by atoms with van der Waals surface area (Å²) in [4.78, 5) is 10.8. The minimum atomic E-state index is -0.139. The molecule has 4 heteroatoms. The summed E-state index contributed by atoms with van der Waals surface area (Å²) in [6.07, 6.45) is 1.27. The van der Waals surface area contributed by atoms with Gasteiger partial charge in [0.25, 0.3) is 0 Å². The zero-order chi connectivity index (χ0) is 10.1. The number of amides is 1. The van der Waals surface area contributed by atoms with E-state index in [4.69, 9.17) is 4.42 Å². The Bertz CT molecular complexity index is 487. The van der Waals surface area contributed by atoms with E-state index < -0.39 is 0 Å². The molecule has 2 aromatic rings. The molecule has 0 atom stereocenters. The van der Waals surface area contributed by atoms with Crippen LogP contribution in [0.3, 0.4) is 0 Å². The second-order valence-corrected chi connectivity index (χ2v) is 3.01. The third kappa shape index (κ3) is 1.42. The van der Waals surface area contributed by atoms with Gasteiger partial charge in [-0.3, -0.25) is 4.79 Å². The van der Waals surface area contributed by atoms with Crippen molar-refractivity contribution < 1.29 is 14.3 Å². The third-order valence-electron chi connectivity index (χ3n) is 1.88. The van der Waals surface area contributed by atoms with Crippen LogP contribution < -0.4 is 5.32 Å². The molecule has 0 fully saturated rings. The van der Waals surface area contributed by atoms with E-state index >= 15 is 0 Å². The van der Waals surface area contributed by atoms with Crippen LogP contribution in [-0.4, -0.2) is 11.0 Å². The van der Waals surface area contributed by atoms with Crippen molar-refractivity contribution in [1.29, 1.82) is 0 Å². The number of nitrogens with one attached hydrogen (secondary N) is 1. The van der Waals surface area contributed by atoms with Crippen LogP contribution in [-0.2, 0) is 4.79 Å². The Morgan fingerprint density at radius 1 is 1.50 bits per heavy atom. The fourth-order valence-electron chi connectivity index (χ4n) is 1.30. The lowest BCUT2D eigenvalue weighted by atomic mass is 10.2. The minimum absolute atomic E-state index is 0.106. The van der Waals surface area contributed by atoms with Crippen LogP contribution in [0, 0.1) is 0 Å². The summed E-state index contributed by atoms with van der Waals surface area (Å²) in [6.45, 7) is 1.43. The fraction of sp³-hybridized carbons (Fsp3) is 0.100. The summed E-state index contributed by atoms with van der Waals surface area (Å²) < 4.78 is 5.07. The molecular formula is C10H9NO3. The van der Waals surface area contributed by atoms with Gasteiger partial charge in [-0.15, -0.1) is 0 Å². The van der Waals surface area contributed by atoms with Crippen molar-refractivity contribution in [3.05, 3.63) is 24.5 Å². The smallest absolute Gasteiger partial charge is 0.221 e. The average molecular weight is 191 g/mol. The highest BCUT2D eigenvalue weighted by molar-refractivity contribution is 5.93. The largest absolute Gasteiger partial charge is 0.504 e. The molecular weight excluding hydrogens is 182 g/mol. The molecule has 0 saturated carbocycles. The molecule has 0 unspecified atom stereocenters. The van der Waals surface area contributed by atoms with E-state index in [9.17, 15) is 9.90 Å². The van der Waals surface area contributed by atoms with Gasteiger partial charge in [-0.1, -0.05) is 0 Å². The van der Waals surface area contributed by atoms with Crippen molar-refractivity contribution in [2.45, 2.75) is 6.92 Å². The molecule has 0 aliphatic rings. The second kappa shape index (κ2) is 3.06. The highest BCUT2D eigenvalue weighted by atomic mass is 16.4. The minimum Gasteiger partial charge on any atom is -0.504 e. The fourth-order valence-corrected chi connectivity index (χ4v) is 1.30. The molecule has 2 rings (SSSR count). The predicted molar refractivity (Wildman–Crippen MR) is 52.2 cm³/mol. The van der Waals surface area contributed by atoms with Gasteiger partial charge in [0.15, 0.2) is 5.75 Å². The molecule has 4 nitrogen and oxygen atoms in total. The number of hydrogen-bond acceptors (Lipinski definition) is 3. The highest BCUT2D eigenvalue weighted by Gasteiger charge is 2.05. The zero-order valence-corrected chi connectivity index (χ0v) is 7.57. The Morgan fingerprint density at radius 3 is 3.00 bits per heavy atom. The Morgan fingerprint density at radius 2 is 2.29 bits per heavy atom. The molecule has 1 heterocycles. The summed E-state index contributed by atoms with van der Waals surface area (Å²) >= 11 is 0. The number of carbonyl (C=O) groups excluding carboxylic acids is 1. The van der Waals surface area contributed by atoms with E-state index in [2.05, 4.69) is 5.32 Å². The van der Waals surface area contributed by atoms with Gasteiger partial charge >= 0.3 is 0 Å². The van der Waals surface area contributed by atoms with Crippen molar-refractivity contribution in [1.82, 2.24) is 0 Å². The number of fused-ring (bicyclic) bond motifs is 1. The molecule has 1 aromatic carbocycles. The van der Waals surface area contributed by atoms with Crippen molar-refractivity contribution in [3.63, 3.8) is 0 Å². The normalized spacial score (nSPS) is 10.4. The molecule has 1 aromatic heterocycles. The van der Waals surface area contributed by atoms with Crippen LogP contribution in [0.4, 0.5) is 5.69 Å². The van der Waals surface area contributed by atoms with Crippen molar-refractivity contribution >= 4 is 22.6 Å². The van der Waals surface area contributed by atoms with Gasteiger partial charge < -0.3 is 14.8 Å². The van der Waals surface area contributed by atoms with Crippen LogP contribution in [0.25, 0.3) is 11.0 Å². The Hall–Kier alpha value is -1.97. The first-order valence-electron chi connectivity index (χ1n) is 4.14. The van der Waals surface area contributed by atoms with E-state index in [1.54, 1.807) is 18.2 Å². The van der Waals surface area contributed by atoms with Crippen LogP contribution in [0.5, 0.6) is 5.75 Å². The topological polar surface area (TPSA) is 62.5 Å². The van der Waals surface area contributed by atoms with Gasteiger partial charge in [0.2, 0.25) is 5.91 Å². The first kappa shape index (κ1) is 8.62. The quantitative estimate of drug-likeness (QED) is 0.725. The Kier molecular flexibility index (Phi) is 1.89. The SMILES string of the molecule is CC(=O)Nc1ccc2c(O)coc2c1. The van der Waals surface area contributed by atoms with Crippen molar-refractivity contribution in [2.24, 2.45) is 0 Å². The van der Waals surface area contributed by atoms with E-state index in [1.807, 2.05) is 0 Å². The standard InChI is InChI=1S/C10H9NO3/c1-6(12)11-7-2-3-8-9(13)5-14-10(8)4-7/h2-5,13H,1H3,(H,11,12). The molecule has 0 saturated heterocycles. The number of rotatable bonds is 1. The van der Waals surface area contributed by atoms with Crippen LogP contribution in [0.2, 0.25) is 0 Å². The Labute approximate surface area is 80.1 Å². The lowest BCUT2D eigenvalue weighted by Gasteiger charge is -2.00. The van der Waals surface area contributed by atoms with Gasteiger partial charge in [0, 0.05) is 18.7 Å². The number of furan rings is 1. The highest BCUT2D eigenvalue weighted by Crippen LogP contribution is 2.28. The molecule has 0 aliphatic heterocycles. The summed E-state index contributed by atoms with van der Waals surface area (Å²) in [5.41, 5.74) is 1.20. The number of anilines is 1. The van der Waals surface area contributed by atoms with Gasteiger partial charge in [-0.05, 0) is 12.1 Å². The Balaban J connectivity index is 2.46. The zero-order valence-electron chi connectivity index (χ0n) is 7.57. The molecule has 0 aliphatic carbocycles. The number of hydrogen-bond donors (Lipinski definition) is 2. The molecule has 2 N–H and O–H groups in total. The second-order valence-electron chi connectivity index (χ2n) is 3.01. The molecule has 0 spiro atoms. The van der Waals surface area contributed by atoms with Crippen LogP contribution in [0.15, 0.2) is 28.9 Å². The summed E-state index contributed by atoms with van der Waals surface area (Å²) in [7, 11) is 0. The molecule has 14 heavy (non-hydrogen) atoms. The molecule has 1 amide bonds. The van der Waals surface area contributed by atoms with Gasteiger partial charge in [-0.2, -0.15) is 0 Å². The maximum atomic E-state index is 10.8. The first-order valence-corrected chi connectivity index (χ1v) is 4.14. The summed E-state index contributed by atoms with van der Waals surface area (Å²) in [5.74, 6) is -0.0329. The molecule has 72 valence electrons. The molecule has 0 radical (unpaired) electrons. The monoisotopic (exact) mass is 191 g/mol. The van der Waals surface area contributed by atoms with Gasteiger partial charge in [0.05, 0.1) is 5.39 Å². The third-order valence-corrected chi connectivity index (χ3v) is 1.88.